The fourth-order valence-corrected chi connectivity index (χ4v) is 2.17. The van der Waals surface area contributed by atoms with E-state index in [-0.39, 0.29) is 11.7 Å². The summed E-state index contributed by atoms with van der Waals surface area (Å²) in [6, 6.07) is 0. The highest BCUT2D eigenvalue weighted by Crippen LogP contribution is 2.00. The third-order valence-corrected chi connectivity index (χ3v) is 3.58. The van der Waals surface area contributed by atoms with Crippen molar-refractivity contribution < 1.29 is 9.59 Å². The average molecular weight is 334 g/mol. The van der Waals surface area contributed by atoms with Crippen LogP contribution in [-0.4, -0.2) is 18.2 Å². The molecule has 0 aromatic heterocycles. The predicted octanol–water partition coefficient (Wildman–Crippen LogP) is 5.28. The van der Waals surface area contributed by atoms with E-state index >= 15 is 0 Å². The molecule has 0 aliphatic carbocycles. The van der Waals surface area contributed by atoms with Crippen molar-refractivity contribution in [3.05, 3.63) is 36.5 Å². The summed E-state index contributed by atoms with van der Waals surface area (Å²) >= 11 is 0. The summed E-state index contributed by atoms with van der Waals surface area (Å²) < 4.78 is 0. The molecule has 3 heteroatoms. The van der Waals surface area contributed by atoms with Crippen molar-refractivity contribution in [3.8, 4) is 0 Å². The Morgan fingerprint density at radius 2 is 1.42 bits per heavy atom. The van der Waals surface area contributed by atoms with Crippen LogP contribution in [-0.2, 0) is 9.59 Å². The van der Waals surface area contributed by atoms with Gasteiger partial charge in [0.1, 0.15) is 5.78 Å². The highest BCUT2D eigenvalue weighted by Gasteiger charge is 1.98. The summed E-state index contributed by atoms with van der Waals surface area (Å²) in [5.41, 5.74) is 0. The third kappa shape index (κ3) is 18.4. The molecule has 136 valence electrons. The van der Waals surface area contributed by atoms with Crippen LogP contribution in [0.4, 0.5) is 0 Å². The first-order valence-electron chi connectivity index (χ1n) is 9.38. The van der Waals surface area contributed by atoms with Gasteiger partial charge in [-0.3, -0.25) is 4.79 Å². The van der Waals surface area contributed by atoms with E-state index in [0.29, 0.717) is 12.8 Å². The Hall–Kier alpha value is -1.64. The van der Waals surface area contributed by atoms with Crippen LogP contribution in [0.2, 0.25) is 0 Å². The zero-order chi connectivity index (χ0) is 17.9. The van der Waals surface area contributed by atoms with Gasteiger partial charge in [-0.15, -0.1) is 0 Å². The van der Waals surface area contributed by atoms with Crippen LogP contribution in [0.25, 0.3) is 0 Å². The van der Waals surface area contributed by atoms with Gasteiger partial charge in [-0.1, -0.05) is 56.2 Å². The Kier molecular flexibility index (Phi) is 16.5. The monoisotopic (exact) mass is 333 g/mol. The molecule has 3 nitrogen and oxygen atoms in total. The molecule has 0 rings (SSSR count). The van der Waals surface area contributed by atoms with Crippen molar-refractivity contribution in [2.45, 2.75) is 78.1 Å². The van der Waals surface area contributed by atoms with E-state index < -0.39 is 0 Å². The zero-order valence-electron chi connectivity index (χ0n) is 15.6. The molecule has 0 bridgehead atoms. The minimum atomic E-state index is 0.173. The van der Waals surface area contributed by atoms with E-state index in [1.54, 1.807) is 6.92 Å². The molecule has 0 atom stereocenters. The first-order chi connectivity index (χ1) is 11.7. The molecule has 0 aliphatic heterocycles. The van der Waals surface area contributed by atoms with Gasteiger partial charge in [0.2, 0.25) is 5.91 Å². The maximum absolute atomic E-state index is 11.5. The molecule has 0 radical (unpaired) electrons. The maximum atomic E-state index is 11.5. The van der Waals surface area contributed by atoms with Crippen molar-refractivity contribution >= 4 is 11.7 Å². The van der Waals surface area contributed by atoms with Crippen molar-refractivity contribution in [2.24, 2.45) is 0 Å². The van der Waals surface area contributed by atoms with E-state index in [0.717, 1.165) is 57.9 Å². The Bertz CT molecular complexity index is 408. The van der Waals surface area contributed by atoms with Crippen LogP contribution in [0, 0.1) is 0 Å². The number of unbranched alkanes of at least 4 members (excludes halogenated alkanes) is 3. The predicted molar refractivity (Wildman–Crippen MR) is 103 cm³/mol. The molecule has 1 amide bonds. The number of nitrogens with one attached hydrogen (secondary N) is 1. The van der Waals surface area contributed by atoms with E-state index in [9.17, 15) is 9.59 Å². The van der Waals surface area contributed by atoms with Gasteiger partial charge in [-0.05, 0) is 45.4 Å². The molecule has 0 spiro atoms. The van der Waals surface area contributed by atoms with E-state index in [1.807, 2.05) is 0 Å². The minimum Gasteiger partial charge on any atom is -0.356 e. The number of amides is 1. The molecule has 24 heavy (non-hydrogen) atoms. The maximum Gasteiger partial charge on any atom is 0.220 e. The molecular formula is C21H35NO2. The molecule has 1 N–H and O–H groups in total. The van der Waals surface area contributed by atoms with E-state index in [1.165, 1.54) is 0 Å². The van der Waals surface area contributed by atoms with Gasteiger partial charge in [0.25, 0.3) is 0 Å². The fourth-order valence-electron chi connectivity index (χ4n) is 2.17. The number of rotatable bonds is 15. The minimum absolute atomic E-state index is 0.173. The van der Waals surface area contributed by atoms with Crippen LogP contribution in [0.15, 0.2) is 36.5 Å². The van der Waals surface area contributed by atoms with Crippen molar-refractivity contribution in [1.29, 1.82) is 0 Å². The fraction of sp³-hybridized carbons (Fsp3) is 0.619. The topological polar surface area (TPSA) is 46.2 Å². The van der Waals surface area contributed by atoms with Crippen LogP contribution in [0.5, 0.6) is 0 Å². The second-order valence-corrected chi connectivity index (χ2v) is 6.08. The van der Waals surface area contributed by atoms with Crippen LogP contribution < -0.4 is 5.32 Å². The summed E-state index contributed by atoms with van der Waals surface area (Å²) in [4.78, 5) is 22.3. The normalized spacial score (nSPS) is 11.8. The molecular weight excluding hydrogens is 298 g/mol. The molecule has 0 aromatic carbocycles. The Morgan fingerprint density at radius 1 is 0.792 bits per heavy atom. The summed E-state index contributed by atoms with van der Waals surface area (Å²) in [5.74, 6) is 0.443. The first kappa shape index (κ1) is 22.4. The summed E-state index contributed by atoms with van der Waals surface area (Å²) in [6.45, 7) is 4.51. The number of carbonyl (C=O) groups is 2. The molecule has 0 saturated heterocycles. The van der Waals surface area contributed by atoms with Crippen molar-refractivity contribution in [1.82, 2.24) is 5.32 Å². The standard InChI is InChI=1S/C21H35NO2/c1-3-4-14-18-21(24)22-19-16-13-11-9-7-5-6-8-10-12-15-17-20(2)23/h5,7-8,10-11,13H,3-4,6,9,12,14-19H2,1-2H3,(H,22,24)/b7-5-,10-8-,13-11-. The van der Waals surface area contributed by atoms with Gasteiger partial charge < -0.3 is 10.1 Å². The van der Waals surface area contributed by atoms with Gasteiger partial charge >= 0.3 is 0 Å². The third-order valence-electron chi connectivity index (χ3n) is 3.58. The molecule has 0 fully saturated rings. The largest absolute Gasteiger partial charge is 0.356 e. The van der Waals surface area contributed by atoms with E-state index in [4.69, 9.17) is 0 Å². The van der Waals surface area contributed by atoms with Gasteiger partial charge in [-0.25, -0.2) is 0 Å². The second-order valence-electron chi connectivity index (χ2n) is 6.08. The molecule has 0 heterocycles. The van der Waals surface area contributed by atoms with Gasteiger partial charge in [0, 0.05) is 19.4 Å². The highest BCUT2D eigenvalue weighted by molar-refractivity contribution is 5.75. The van der Waals surface area contributed by atoms with Gasteiger partial charge in [-0.2, -0.15) is 0 Å². The average Bonchev–Trinajstić information content (AvgIpc) is 2.55. The Morgan fingerprint density at radius 3 is 2.04 bits per heavy atom. The Balaban J connectivity index is 3.43. The number of hydrogen-bond donors (Lipinski definition) is 1. The van der Waals surface area contributed by atoms with Crippen molar-refractivity contribution in [2.75, 3.05) is 6.54 Å². The number of carbonyl (C=O) groups excluding carboxylic acids is 2. The Labute approximate surface area is 148 Å². The summed E-state index contributed by atoms with van der Waals surface area (Å²) in [5, 5.41) is 2.95. The second kappa shape index (κ2) is 17.7. The van der Waals surface area contributed by atoms with Crippen molar-refractivity contribution in [3.63, 3.8) is 0 Å². The molecule has 0 unspecified atom stereocenters. The van der Waals surface area contributed by atoms with Crippen LogP contribution in [0.1, 0.15) is 78.1 Å². The molecule has 0 aliphatic rings. The number of allylic oxidation sites excluding steroid dienone is 5. The number of ketones is 1. The zero-order valence-corrected chi connectivity index (χ0v) is 15.6. The first-order valence-corrected chi connectivity index (χ1v) is 9.38. The highest BCUT2D eigenvalue weighted by atomic mass is 16.1. The van der Waals surface area contributed by atoms with Gasteiger partial charge in [0.05, 0.1) is 0 Å². The number of hydrogen-bond acceptors (Lipinski definition) is 2. The smallest absolute Gasteiger partial charge is 0.220 e. The number of Topliss-reactive ketones (excluding diaryl/α,β-unsaturated/α-hetero) is 1. The quantitative estimate of drug-likeness (QED) is 0.327. The lowest BCUT2D eigenvalue weighted by Crippen LogP contribution is -2.23. The lowest BCUT2D eigenvalue weighted by molar-refractivity contribution is -0.121. The molecule has 0 saturated carbocycles. The summed E-state index contributed by atoms with van der Waals surface area (Å²) in [6.07, 6.45) is 22.2. The van der Waals surface area contributed by atoms with Gasteiger partial charge in [0.15, 0.2) is 0 Å². The lowest BCUT2D eigenvalue weighted by Gasteiger charge is -2.02. The van der Waals surface area contributed by atoms with Crippen LogP contribution >= 0.6 is 0 Å². The lowest BCUT2D eigenvalue weighted by atomic mass is 10.2. The molecule has 0 aromatic rings. The summed E-state index contributed by atoms with van der Waals surface area (Å²) in [7, 11) is 0. The van der Waals surface area contributed by atoms with E-state index in [2.05, 4.69) is 48.7 Å². The van der Waals surface area contributed by atoms with Crippen LogP contribution in [0.3, 0.4) is 0 Å². The SMILES string of the molecule is CCCCCC(=O)NCC/C=C\C/C=C\C/C=C\CCCC(C)=O.